The van der Waals surface area contributed by atoms with Gasteiger partial charge in [0.05, 0.1) is 0 Å². The summed E-state index contributed by atoms with van der Waals surface area (Å²) < 4.78 is 6.44. The average Bonchev–Trinajstić information content (AvgIpc) is 2.66. The summed E-state index contributed by atoms with van der Waals surface area (Å²) in [5, 5.41) is 3.28. The van der Waals surface area contributed by atoms with Gasteiger partial charge in [-0.15, -0.1) is 11.3 Å². The number of carbonyl (C=O) groups is 1. The van der Waals surface area contributed by atoms with Gasteiger partial charge in [-0.3, -0.25) is 0 Å². The second kappa shape index (κ2) is 4.27. The van der Waals surface area contributed by atoms with E-state index in [0.29, 0.717) is 0 Å². The number of halogens is 1. The highest BCUT2D eigenvalue weighted by molar-refractivity contribution is 14.1. The summed E-state index contributed by atoms with van der Waals surface area (Å²) in [5.74, 6) is -0.198. The highest BCUT2D eigenvalue weighted by Gasteiger charge is 2.27. The molecule has 0 amide bonds. The van der Waals surface area contributed by atoms with Gasteiger partial charge in [-0.1, -0.05) is 0 Å². The lowest BCUT2D eigenvalue weighted by atomic mass is 10.2. The van der Waals surface area contributed by atoms with Crippen LogP contribution in [0.3, 0.4) is 0 Å². The van der Waals surface area contributed by atoms with Crippen LogP contribution in [0, 0.1) is 3.57 Å². The predicted molar refractivity (Wildman–Crippen MR) is 72.7 cm³/mol. The van der Waals surface area contributed by atoms with E-state index in [1.807, 2.05) is 20.8 Å². The van der Waals surface area contributed by atoms with Gasteiger partial charge in [-0.05, 0) is 48.9 Å². The maximum absolute atomic E-state index is 11.9. The first kappa shape index (κ1) is 12.3. The molecule has 16 heavy (non-hydrogen) atoms. The van der Waals surface area contributed by atoms with Crippen molar-refractivity contribution in [2.75, 3.05) is 0 Å². The molecule has 0 saturated heterocycles. The minimum Gasteiger partial charge on any atom is -0.456 e. The van der Waals surface area contributed by atoms with Crippen LogP contribution in [0.5, 0.6) is 0 Å². The number of esters is 1. The Kier molecular flexibility index (Phi) is 3.29. The van der Waals surface area contributed by atoms with Crippen LogP contribution in [0.4, 0.5) is 0 Å². The fourth-order valence-electron chi connectivity index (χ4n) is 1.56. The molecule has 5 heteroatoms. The first-order valence-electron chi connectivity index (χ1n) is 5.12. The molecule has 1 aromatic rings. The number of carbonyl (C=O) groups excluding carboxylic acids is 1. The van der Waals surface area contributed by atoms with E-state index in [4.69, 9.17) is 4.74 Å². The molecule has 2 heterocycles. The molecule has 1 aromatic heterocycles. The van der Waals surface area contributed by atoms with E-state index in [0.717, 1.165) is 21.5 Å². The molecule has 1 aliphatic heterocycles. The normalized spacial score (nSPS) is 15.0. The molecule has 0 atom stereocenters. The smallest absolute Gasteiger partial charge is 0.349 e. The van der Waals surface area contributed by atoms with Crippen molar-refractivity contribution >= 4 is 39.9 Å². The van der Waals surface area contributed by atoms with Crippen LogP contribution in [0.15, 0.2) is 0 Å². The second-order valence-electron chi connectivity index (χ2n) is 4.75. The highest BCUT2D eigenvalue weighted by Crippen LogP contribution is 2.34. The molecule has 0 aliphatic carbocycles. The van der Waals surface area contributed by atoms with Crippen LogP contribution >= 0.6 is 33.9 Å². The second-order valence-corrected chi connectivity index (χ2v) is 6.94. The summed E-state index contributed by atoms with van der Waals surface area (Å²) in [5.41, 5.74) is 0.846. The molecular weight excluding hydrogens is 337 g/mol. The number of hydrogen-bond donors (Lipinski definition) is 1. The Hall–Kier alpha value is -0.140. The monoisotopic (exact) mass is 351 g/mol. The van der Waals surface area contributed by atoms with Gasteiger partial charge in [0.15, 0.2) is 0 Å². The van der Waals surface area contributed by atoms with Gasteiger partial charge in [0.1, 0.15) is 10.5 Å². The van der Waals surface area contributed by atoms with Crippen LogP contribution in [0.1, 0.15) is 40.9 Å². The third kappa shape index (κ3) is 2.41. The fourth-order valence-corrected chi connectivity index (χ4v) is 3.87. The standard InChI is InChI=1S/C11H14INO2S/c1-11(2,3)15-10(14)9-8(12)6-4-13-5-7(6)16-9/h13H,4-5H2,1-3H3. The van der Waals surface area contributed by atoms with Gasteiger partial charge >= 0.3 is 5.97 Å². The fraction of sp³-hybridized carbons (Fsp3) is 0.545. The van der Waals surface area contributed by atoms with Crippen LogP contribution in [0.2, 0.25) is 0 Å². The molecule has 3 nitrogen and oxygen atoms in total. The molecule has 0 bridgehead atoms. The average molecular weight is 351 g/mol. The number of nitrogens with one attached hydrogen (secondary N) is 1. The third-order valence-electron chi connectivity index (χ3n) is 2.20. The summed E-state index contributed by atoms with van der Waals surface area (Å²) in [6, 6.07) is 0. The van der Waals surface area contributed by atoms with Gasteiger partial charge in [-0.2, -0.15) is 0 Å². The molecular formula is C11H14INO2S. The lowest BCUT2D eigenvalue weighted by Gasteiger charge is -2.19. The number of rotatable bonds is 1. The van der Waals surface area contributed by atoms with E-state index in [-0.39, 0.29) is 5.97 Å². The molecule has 1 aliphatic rings. The van der Waals surface area contributed by atoms with E-state index < -0.39 is 5.60 Å². The minimum absolute atomic E-state index is 0.198. The van der Waals surface area contributed by atoms with Crippen molar-refractivity contribution in [3.05, 3.63) is 18.9 Å². The summed E-state index contributed by atoms with van der Waals surface area (Å²) in [7, 11) is 0. The quantitative estimate of drug-likeness (QED) is 0.625. The molecule has 0 radical (unpaired) electrons. The van der Waals surface area contributed by atoms with E-state index in [9.17, 15) is 4.79 Å². The van der Waals surface area contributed by atoms with Gasteiger partial charge in [0.25, 0.3) is 0 Å². The minimum atomic E-state index is -0.424. The van der Waals surface area contributed by atoms with Gasteiger partial charge in [0.2, 0.25) is 0 Å². The molecule has 0 spiro atoms. The zero-order valence-electron chi connectivity index (χ0n) is 9.52. The Labute approximate surface area is 113 Å². The van der Waals surface area contributed by atoms with E-state index >= 15 is 0 Å². The van der Waals surface area contributed by atoms with Crippen molar-refractivity contribution in [2.24, 2.45) is 0 Å². The van der Waals surface area contributed by atoms with Crippen molar-refractivity contribution in [3.8, 4) is 0 Å². The van der Waals surface area contributed by atoms with E-state index in [1.165, 1.54) is 10.4 Å². The van der Waals surface area contributed by atoms with Crippen LogP contribution < -0.4 is 5.32 Å². The third-order valence-corrected chi connectivity index (χ3v) is 4.97. The molecule has 88 valence electrons. The zero-order chi connectivity index (χ0) is 11.9. The number of thiophene rings is 1. The van der Waals surface area contributed by atoms with Crippen molar-refractivity contribution in [3.63, 3.8) is 0 Å². The first-order chi connectivity index (χ1) is 7.38. The summed E-state index contributed by atoms with van der Waals surface area (Å²) >= 11 is 3.79. The van der Waals surface area contributed by atoms with E-state index in [2.05, 4.69) is 27.9 Å². The van der Waals surface area contributed by atoms with Gasteiger partial charge in [-0.25, -0.2) is 4.79 Å². The summed E-state index contributed by atoms with van der Waals surface area (Å²) in [6.07, 6.45) is 0. The van der Waals surface area contributed by atoms with Crippen molar-refractivity contribution in [1.82, 2.24) is 5.32 Å². The van der Waals surface area contributed by atoms with Crippen LogP contribution in [-0.4, -0.2) is 11.6 Å². The Balaban J connectivity index is 2.25. The molecule has 0 aromatic carbocycles. The Bertz CT molecular complexity index is 434. The molecule has 1 N–H and O–H groups in total. The molecule has 0 saturated carbocycles. The number of ether oxygens (including phenoxy) is 1. The number of fused-ring (bicyclic) bond motifs is 1. The highest BCUT2D eigenvalue weighted by atomic mass is 127. The molecule has 2 rings (SSSR count). The first-order valence-corrected chi connectivity index (χ1v) is 7.02. The van der Waals surface area contributed by atoms with Crippen LogP contribution in [-0.2, 0) is 17.8 Å². The van der Waals surface area contributed by atoms with Crippen LogP contribution in [0.25, 0.3) is 0 Å². The van der Waals surface area contributed by atoms with Gasteiger partial charge < -0.3 is 10.1 Å². The Morgan fingerprint density at radius 3 is 2.69 bits per heavy atom. The zero-order valence-corrected chi connectivity index (χ0v) is 12.5. The molecule has 0 unspecified atom stereocenters. The lowest BCUT2D eigenvalue weighted by Crippen LogP contribution is -2.23. The predicted octanol–water partition coefficient (Wildman–Crippen LogP) is 2.91. The van der Waals surface area contributed by atoms with Crippen molar-refractivity contribution in [1.29, 1.82) is 0 Å². The SMILES string of the molecule is CC(C)(C)OC(=O)c1sc2c(c1I)CNC2. The van der Waals surface area contributed by atoms with E-state index in [1.54, 1.807) is 11.3 Å². The van der Waals surface area contributed by atoms with Crippen molar-refractivity contribution in [2.45, 2.75) is 39.5 Å². The maximum Gasteiger partial charge on any atom is 0.349 e. The summed E-state index contributed by atoms with van der Waals surface area (Å²) in [4.78, 5) is 14.0. The largest absolute Gasteiger partial charge is 0.456 e. The number of hydrogen-bond acceptors (Lipinski definition) is 4. The van der Waals surface area contributed by atoms with Crippen molar-refractivity contribution < 1.29 is 9.53 Å². The maximum atomic E-state index is 11.9. The van der Waals surface area contributed by atoms with Gasteiger partial charge in [0, 0.05) is 21.5 Å². The topological polar surface area (TPSA) is 38.3 Å². The summed E-state index contributed by atoms with van der Waals surface area (Å²) in [6.45, 7) is 7.41. The Morgan fingerprint density at radius 2 is 2.12 bits per heavy atom. The molecule has 0 fully saturated rings. The Morgan fingerprint density at radius 1 is 1.44 bits per heavy atom. The lowest BCUT2D eigenvalue weighted by molar-refractivity contribution is 0.00740.